The fraction of sp³-hybridized carbons (Fsp3) is 0.263. The lowest BCUT2D eigenvalue weighted by Gasteiger charge is -2.27. The molecule has 2 aromatic carbocycles. The molecule has 1 aromatic heterocycles. The molecule has 0 bridgehead atoms. The van der Waals surface area contributed by atoms with Gasteiger partial charge in [0.2, 0.25) is 0 Å². The maximum absolute atomic E-state index is 14.3. The average molecular weight is 307 g/mol. The Balaban J connectivity index is 1.84. The van der Waals surface area contributed by atoms with Gasteiger partial charge in [-0.15, -0.1) is 0 Å². The Morgan fingerprint density at radius 1 is 1.04 bits per heavy atom. The highest BCUT2D eigenvalue weighted by atomic mass is 19.1. The zero-order valence-electron chi connectivity index (χ0n) is 13.0. The molecule has 0 amide bonds. The second-order valence-electron chi connectivity index (χ2n) is 6.24. The summed E-state index contributed by atoms with van der Waals surface area (Å²) in [7, 11) is 0. The molecular weight excluding hydrogens is 289 g/mol. The molecule has 4 heteroatoms. The minimum absolute atomic E-state index is 0.0181. The van der Waals surface area contributed by atoms with Crippen molar-refractivity contribution in [3.05, 3.63) is 66.2 Å². The fourth-order valence-corrected chi connectivity index (χ4v) is 3.54. The summed E-state index contributed by atoms with van der Waals surface area (Å²) < 4.78 is 14.3. The van der Waals surface area contributed by atoms with Crippen LogP contribution in [0.25, 0.3) is 10.9 Å². The number of aromatic nitrogens is 2. The van der Waals surface area contributed by atoms with E-state index in [1.54, 1.807) is 12.4 Å². The number of para-hydroxylation sites is 1. The van der Waals surface area contributed by atoms with E-state index in [1.807, 2.05) is 36.4 Å². The van der Waals surface area contributed by atoms with E-state index in [9.17, 15) is 4.39 Å². The summed E-state index contributed by atoms with van der Waals surface area (Å²) in [5.41, 5.74) is 1.67. The first-order valence-electron chi connectivity index (χ1n) is 7.95. The Hall–Kier alpha value is -2.49. The highest BCUT2D eigenvalue weighted by molar-refractivity contribution is 5.89. The topological polar surface area (TPSA) is 29.0 Å². The van der Waals surface area contributed by atoms with Gasteiger partial charge in [0.1, 0.15) is 18.0 Å². The molecule has 0 N–H and O–H groups in total. The summed E-state index contributed by atoms with van der Waals surface area (Å²) in [5, 5.41) is 1.02. The van der Waals surface area contributed by atoms with Crippen LogP contribution in [-0.2, 0) is 0 Å². The van der Waals surface area contributed by atoms with Crippen molar-refractivity contribution in [1.29, 1.82) is 0 Å². The lowest BCUT2D eigenvalue weighted by molar-refractivity contribution is 0.563. The van der Waals surface area contributed by atoms with Gasteiger partial charge in [-0.25, -0.2) is 14.4 Å². The first-order valence-corrected chi connectivity index (χ1v) is 7.95. The molecule has 0 spiro atoms. The second kappa shape index (κ2) is 5.61. The van der Waals surface area contributed by atoms with E-state index in [-0.39, 0.29) is 11.9 Å². The molecule has 0 radical (unpaired) electrons. The van der Waals surface area contributed by atoms with Gasteiger partial charge in [-0.3, -0.25) is 0 Å². The molecule has 116 valence electrons. The second-order valence-corrected chi connectivity index (χ2v) is 6.24. The van der Waals surface area contributed by atoms with Gasteiger partial charge in [-0.1, -0.05) is 37.3 Å². The molecule has 3 nitrogen and oxygen atoms in total. The van der Waals surface area contributed by atoms with Crippen LogP contribution in [0, 0.1) is 11.7 Å². The molecule has 2 atom stereocenters. The smallest absolute Gasteiger partial charge is 0.140 e. The molecule has 4 rings (SSSR count). The maximum atomic E-state index is 14.3. The predicted octanol–water partition coefficient (Wildman–Crippen LogP) is 4.36. The molecular formula is C19H18FN3. The van der Waals surface area contributed by atoms with Crippen molar-refractivity contribution in [3.8, 4) is 0 Å². The molecule has 1 aliphatic heterocycles. The molecule has 1 saturated heterocycles. The van der Waals surface area contributed by atoms with Crippen LogP contribution in [0.3, 0.4) is 0 Å². The summed E-state index contributed by atoms with van der Waals surface area (Å²) in [6.07, 6.45) is 2.53. The van der Waals surface area contributed by atoms with Crippen LogP contribution in [0.5, 0.6) is 0 Å². The maximum Gasteiger partial charge on any atom is 0.140 e. The number of nitrogens with zero attached hydrogens (tertiary/aromatic N) is 3. The summed E-state index contributed by atoms with van der Waals surface area (Å²) >= 11 is 0. The zero-order valence-corrected chi connectivity index (χ0v) is 13.0. The van der Waals surface area contributed by atoms with E-state index in [0.29, 0.717) is 5.92 Å². The number of fused-ring (bicyclic) bond motifs is 1. The van der Waals surface area contributed by atoms with Crippen LogP contribution in [-0.4, -0.2) is 16.5 Å². The number of hydrogen-bond donors (Lipinski definition) is 0. The largest absolute Gasteiger partial charge is 0.349 e. The van der Waals surface area contributed by atoms with Crippen molar-refractivity contribution in [2.24, 2.45) is 5.92 Å². The summed E-state index contributed by atoms with van der Waals surface area (Å²) in [6, 6.07) is 15.1. The minimum atomic E-state index is -0.144. The number of benzene rings is 2. The SMILES string of the molecule is CC1CC(c2ccccc2F)N(c2ncnc3ccccc23)C1. The molecule has 0 aliphatic carbocycles. The minimum Gasteiger partial charge on any atom is -0.349 e. The highest BCUT2D eigenvalue weighted by Crippen LogP contribution is 2.40. The van der Waals surface area contributed by atoms with Gasteiger partial charge in [0.15, 0.2) is 0 Å². The lowest BCUT2D eigenvalue weighted by Crippen LogP contribution is -2.25. The summed E-state index contributed by atoms with van der Waals surface area (Å²) in [6.45, 7) is 3.08. The van der Waals surface area contributed by atoms with Crippen LogP contribution in [0.15, 0.2) is 54.9 Å². The molecule has 3 aromatic rings. The molecule has 0 saturated carbocycles. The third kappa shape index (κ3) is 2.44. The monoisotopic (exact) mass is 307 g/mol. The molecule has 1 aliphatic rings. The van der Waals surface area contributed by atoms with Crippen molar-refractivity contribution in [2.45, 2.75) is 19.4 Å². The predicted molar refractivity (Wildman–Crippen MR) is 89.8 cm³/mol. The van der Waals surface area contributed by atoms with E-state index in [1.165, 1.54) is 6.07 Å². The number of halogens is 1. The summed E-state index contributed by atoms with van der Waals surface area (Å²) in [5.74, 6) is 1.25. The highest BCUT2D eigenvalue weighted by Gasteiger charge is 2.34. The third-order valence-corrected chi connectivity index (χ3v) is 4.57. The van der Waals surface area contributed by atoms with Gasteiger partial charge in [-0.2, -0.15) is 0 Å². The van der Waals surface area contributed by atoms with Crippen molar-refractivity contribution in [1.82, 2.24) is 9.97 Å². The van der Waals surface area contributed by atoms with Crippen molar-refractivity contribution in [3.63, 3.8) is 0 Å². The summed E-state index contributed by atoms with van der Waals surface area (Å²) in [4.78, 5) is 11.1. The Bertz CT molecular complexity index is 843. The van der Waals surface area contributed by atoms with Crippen LogP contribution < -0.4 is 4.90 Å². The van der Waals surface area contributed by atoms with Crippen LogP contribution >= 0.6 is 0 Å². The lowest BCUT2D eigenvalue weighted by atomic mass is 10.0. The van der Waals surface area contributed by atoms with Gasteiger partial charge in [-0.05, 0) is 30.5 Å². The third-order valence-electron chi connectivity index (χ3n) is 4.57. The van der Waals surface area contributed by atoms with Crippen LogP contribution in [0.1, 0.15) is 24.9 Å². The van der Waals surface area contributed by atoms with Gasteiger partial charge in [0, 0.05) is 17.5 Å². The van der Waals surface area contributed by atoms with Crippen molar-refractivity contribution >= 4 is 16.7 Å². The van der Waals surface area contributed by atoms with Crippen LogP contribution in [0.2, 0.25) is 0 Å². The zero-order chi connectivity index (χ0) is 15.8. The first kappa shape index (κ1) is 14.1. The van der Waals surface area contributed by atoms with Crippen LogP contribution in [0.4, 0.5) is 10.2 Å². The van der Waals surface area contributed by atoms with Gasteiger partial charge in [0.05, 0.1) is 11.6 Å². The van der Waals surface area contributed by atoms with E-state index >= 15 is 0 Å². The molecule has 1 fully saturated rings. The quantitative estimate of drug-likeness (QED) is 0.704. The standard InChI is InChI=1S/C19H18FN3/c1-13-10-18(14-6-2-4-8-16(14)20)23(11-13)19-15-7-3-5-9-17(15)21-12-22-19/h2-9,12-13,18H,10-11H2,1H3. The normalized spacial score (nSPS) is 21.0. The molecule has 2 heterocycles. The van der Waals surface area contributed by atoms with Crippen molar-refractivity contribution in [2.75, 3.05) is 11.4 Å². The number of hydrogen-bond acceptors (Lipinski definition) is 3. The average Bonchev–Trinajstić information content (AvgIpc) is 2.96. The number of rotatable bonds is 2. The van der Waals surface area contributed by atoms with E-state index < -0.39 is 0 Å². The Labute approximate surface area is 134 Å². The van der Waals surface area contributed by atoms with Crippen molar-refractivity contribution < 1.29 is 4.39 Å². The molecule has 2 unspecified atom stereocenters. The van der Waals surface area contributed by atoms with Gasteiger partial charge < -0.3 is 4.90 Å². The number of anilines is 1. The molecule has 23 heavy (non-hydrogen) atoms. The fourth-order valence-electron chi connectivity index (χ4n) is 3.54. The Morgan fingerprint density at radius 3 is 2.70 bits per heavy atom. The van der Waals surface area contributed by atoms with Gasteiger partial charge in [0.25, 0.3) is 0 Å². The van der Waals surface area contributed by atoms with E-state index in [2.05, 4.69) is 21.8 Å². The Morgan fingerprint density at radius 2 is 1.83 bits per heavy atom. The van der Waals surface area contributed by atoms with Gasteiger partial charge >= 0.3 is 0 Å². The first-order chi connectivity index (χ1) is 11.2. The van der Waals surface area contributed by atoms with E-state index in [4.69, 9.17) is 0 Å². The Kier molecular flexibility index (Phi) is 3.45. The van der Waals surface area contributed by atoms with E-state index in [0.717, 1.165) is 35.2 Å².